The van der Waals surface area contributed by atoms with Crippen LogP contribution >= 0.6 is 0 Å². The van der Waals surface area contributed by atoms with Gasteiger partial charge in [-0.2, -0.15) is 0 Å². The van der Waals surface area contributed by atoms with Crippen molar-refractivity contribution in [2.75, 3.05) is 7.11 Å². The van der Waals surface area contributed by atoms with Gasteiger partial charge in [0.05, 0.1) is 18.1 Å². The van der Waals surface area contributed by atoms with Crippen molar-refractivity contribution in [3.05, 3.63) is 59.0 Å². The Morgan fingerprint density at radius 1 is 1.19 bits per heavy atom. The quantitative estimate of drug-likeness (QED) is 0.584. The standard InChI is InChI=1S/C21H21N3O2/c1-3-4-11-24-13-16(15-12-14(26-2)9-10-19(15)24)20-21(25)23-18-8-6-5-7-17(18)22-20/h5-10,12-13H,3-4,11H2,1-2H3,(H,23,25). The number of benzene rings is 2. The number of hydrogen-bond acceptors (Lipinski definition) is 3. The van der Waals surface area contributed by atoms with E-state index >= 15 is 0 Å². The SMILES string of the molecule is CCCCn1cc(-c2nc3ccccc3[nH]c2=O)c2cc(OC)ccc21. The highest BCUT2D eigenvalue weighted by molar-refractivity contribution is 5.96. The van der Waals surface area contributed by atoms with E-state index in [1.807, 2.05) is 48.7 Å². The predicted molar refractivity (Wildman–Crippen MR) is 105 cm³/mol. The van der Waals surface area contributed by atoms with E-state index in [-0.39, 0.29) is 5.56 Å². The molecule has 0 amide bonds. The molecule has 0 radical (unpaired) electrons. The highest BCUT2D eigenvalue weighted by Gasteiger charge is 2.16. The summed E-state index contributed by atoms with van der Waals surface area (Å²) in [5.41, 5.74) is 3.71. The summed E-state index contributed by atoms with van der Waals surface area (Å²) in [7, 11) is 1.65. The Morgan fingerprint density at radius 2 is 2.04 bits per heavy atom. The Morgan fingerprint density at radius 3 is 2.85 bits per heavy atom. The molecule has 0 saturated heterocycles. The summed E-state index contributed by atoms with van der Waals surface area (Å²) >= 11 is 0. The van der Waals surface area contributed by atoms with E-state index in [0.29, 0.717) is 5.69 Å². The van der Waals surface area contributed by atoms with Crippen molar-refractivity contribution in [2.24, 2.45) is 0 Å². The number of aryl methyl sites for hydroxylation is 1. The minimum absolute atomic E-state index is 0.180. The Balaban J connectivity index is 1.98. The van der Waals surface area contributed by atoms with E-state index in [1.54, 1.807) is 7.11 Å². The van der Waals surface area contributed by atoms with Crippen LogP contribution in [0.1, 0.15) is 19.8 Å². The number of aromatic nitrogens is 3. The summed E-state index contributed by atoms with van der Waals surface area (Å²) in [5.74, 6) is 0.768. The molecule has 2 aromatic carbocycles. The van der Waals surface area contributed by atoms with Crippen molar-refractivity contribution in [3.8, 4) is 17.0 Å². The molecule has 2 aromatic heterocycles. The molecule has 0 spiro atoms. The largest absolute Gasteiger partial charge is 0.497 e. The number of para-hydroxylation sites is 2. The molecule has 4 rings (SSSR count). The molecule has 0 aliphatic rings. The van der Waals surface area contributed by atoms with Gasteiger partial charge >= 0.3 is 0 Å². The zero-order valence-electron chi connectivity index (χ0n) is 15.0. The normalized spacial score (nSPS) is 11.3. The molecule has 132 valence electrons. The molecule has 0 fully saturated rings. The predicted octanol–water partition coefficient (Wildman–Crippen LogP) is 4.35. The van der Waals surface area contributed by atoms with E-state index in [9.17, 15) is 4.79 Å². The number of unbranched alkanes of at least 4 members (excludes halogenated alkanes) is 1. The third kappa shape index (κ3) is 2.75. The highest BCUT2D eigenvalue weighted by Crippen LogP contribution is 2.31. The van der Waals surface area contributed by atoms with E-state index in [0.717, 1.165) is 52.6 Å². The maximum Gasteiger partial charge on any atom is 0.275 e. The number of fused-ring (bicyclic) bond motifs is 2. The molecular weight excluding hydrogens is 326 g/mol. The van der Waals surface area contributed by atoms with Crippen molar-refractivity contribution in [3.63, 3.8) is 0 Å². The first-order chi connectivity index (χ1) is 12.7. The number of aromatic amines is 1. The first-order valence-corrected chi connectivity index (χ1v) is 8.87. The van der Waals surface area contributed by atoms with Crippen molar-refractivity contribution in [1.82, 2.24) is 14.5 Å². The highest BCUT2D eigenvalue weighted by atomic mass is 16.5. The lowest BCUT2D eigenvalue weighted by atomic mass is 10.1. The van der Waals surface area contributed by atoms with Gasteiger partial charge < -0.3 is 14.3 Å². The van der Waals surface area contributed by atoms with Crippen LogP contribution in [0.25, 0.3) is 33.2 Å². The summed E-state index contributed by atoms with van der Waals surface area (Å²) < 4.78 is 7.59. The van der Waals surface area contributed by atoms with E-state index < -0.39 is 0 Å². The summed E-state index contributed by atoms with van der Waals surface area (Å²) in [6, 6.07) is 13.6. The second-order valence-electron chi connectivity index (χ2n) is 6.40. The van der Waals surface area contributed by atoms with E-state index in [2.05, 4.69) is 21.5 Å². The number of ether oxygens (including phenoxy) is 1. The average Bonchev–Trinajstić information content (AvgIpc) is 3.03. The second kappa shape index (κ2) is 6.67. The van der Waals surface area contributed by atoms with Crippen LogP contribution in [0.4, 0.5) is 0 Å². The van der Waals surface area contributed by atoms with Gasteiger partial charge in [0.15, 0.2) is 0 Å². The summed E-state index contributed by atoms with van der Waals surface area (Å²) in [4.78, 5) is 20.3. The van der Waals surface area contributed by atoms with Crippen molar-refractivity contribution in [2.45, 2.75) is 26.3 Å². The Kier molecular flexibility index (Phi) is 4.21. The molecule has 2 heterocycles. The van der Waals surface area contributed by atoms with Gasteiger partial charge in [-0.05, 0) is 36.8 Å². The van der Waals surface area contributed by atoms with Gasteiger partial charge in [0.25, 0.3) is 5.56 Å². The fourth-order valence-electron chi connectivity index (χ4n) is 3.32. The Bertz CT molecular complexity index is 1140. The molecule has 0 saturated carbocycles. The van der Waals surface area contributed by atoms with Crippen molar-refractivity contribution < 1.29 is 4.74 Å². The summed E-state index contributed by atoms with van der Waals surface area (Å²) in [5, 5.41) is 0.980. The third-order valence-corrected chi connectivity index (χ3v) is 4.70. The molecular formula is C21H21N3O2. The van der Waals surface area contributed by atoms with Gasteiger partial charge in [-0.1, -0.05) is 25.5 Å². The second-order valence-corrected chi connectivity index (χ2v) is 6.40. The topological polar surface area (TPSA) is 59.9 Å². The van der Waals surface area contributed by atoms with Gasteiger partial charge in [0.1, 0.15) is 11.4 Å². The molecule has 0 aliphatic carbocycles. The fourth-order valence-corrected chi connectivity index (χ4v) is 3.32. The molecule has 0 bridgehead atoms. The van der Waals surface area contributed by atoms with Gasteiger partial charge in [0, 0.05) is 29.2 Å². The van der Waals surface area contributed by atoms with Crippen LogP contribution in [0.15, 0.2) is 53.5 Å². The van der Waals surface area contributed by atoms with Crippen LogP contribution in [-0.2, 0) is 6.54 Å². The molecule has 0 unspecified atom stereocenters. The van der Waals surface area contributed by atoms with Crippen LogP contribution in [0.3, 0.4) is 0 Å². The minimum Gasteiger partial charge on any atom is -0.497 e. The van der Waals surface area contributed by atoms with Gasteiger partial charge in [-0.15, -0.1) is 0 Å². The smallest absolute Gasteiger partial charge is 0.275 e. The van der Waals surface area contributed by atoms with Crippen molar-refractivity contribution in [1.29, 1.82) is 0 Å². The lowest BCUT2D eigenvalue weighted by Crippen LogP contribution is -2.11. The van der Waals surface area contributed by atoms with Crippen LogP contribution < -0.4 is 10.3 Å². The molecule has 5 heteroatoms. The third-order valence-electron chi connectivity index (χ3n) is 4.70. The van der Waals surface area contributed by atoms with Crippen LogP contribution in [0.2, 0.25) is 0 Å². The maximum absolute atomic E-state index is 12.7. The maximum atomic E-state index is 12.7. The molecule has 1 N–H and O–H groups in total. The molecule has 26 heavy (non-hydrogen) atoms. The molecule has 0 atom stereocenters. The number of nitrogens with zero attached hydrogens (tertiary/aromatic N) is 2. The Hall–Kier alpha value is -3.08. The number of H-pyrrole nitrogens is 1. The fraction of sp³-hybridized carbons (Fsp3) is 0.238. The van der Waals surface area contributed by atoms with Gasteiger partial charge in [-0.25, -0.2) is 4.98 Å². The van der Waals surface area contributed by atoms with E-state index in [4.69, 9.17) is 4.74 Å². The van der Waals surface area contributed by atoms with Crippen molar-refractivity contribution >= 4 is 21.9 Å². The monoisotopic (exact) mass is 347 g/mol. The first-order valence-electron chi connectivity index (χ1n) is 8.87. The summed E-state index contributed by atoms with van der Waals surface area (Å²) in [6.07, 6.45) is 4.23. The summed E-state index contributed by atoms with van der Waals surface area (Å²) in [6.45, 7) is 3.08. The minimum atomic E-state index is -0.180. The number of rotatable bonds is 5. The zero-order valence-corrected chi connectivity index (χ0v) is 15.0. The first kappa shape index (κ1) is 16.4. The number of methoxy groups -OCH3 is 1. The average molecular weight is 347 g/mol. The van der Waals surface area contributed by atoms with Crippen LogP contribution in [-0.4, -0.2) is 21.6 Å². The molecule has 4 aromatic rings. The number of nitrogens with one attached hydrogen (secondary N) is 1. The molecule has 5 nitrogen and oxygen atoms in total. The number of hydrogen-bond donors (Lipinski definition) is 1. The molecule has 0 aliphatic heterocycles. The lowest BCUT2D eigenvalue weighted by molar-refractivity contribution is 0.415. The van der Waals surface area contributed by atoms with Gasteiger partial charge in [0.2, 0.25) is 0 Å². The van der Waals surface area contributed by atoms with E-state index in [1.165, 1.54) is 0 Å². The van der Waals surface area contributed by atoms with Crippen LogP contribution in [0, 0.1) is 0 Å². The zero-order chi connectivity index (χ0) is 18.1. The van der Waals surface area contributed by atoms with Crippen LogP contribution in [0.5, 0.6) is 5.75 Å². The Labute approximate surface area is 151 Å². The van der Waals surface area contributed by atoms with Gasteiger partial charge in [-0.3, -0.25) is 4.79 Å². The lowest BCUT2D eigenvalue weighted by Gasteiger charge is -2.05.